The van der Waals surface area contributed by atoms with E-state index in [0.29, 0.717) is 13.1 Å². The molecule has 0 unspecified atom stereocenters. The molecule has 0 saturated carbocycles. The SMILES string of the molecule is c1ccc(Cn2cncn2)c(Cn2cncn2)c1. The number of aromatic nitrogens is 6. The maximum Gasteiger partial charge on any atom is 0.137 e. The second-order valence-corrected chi connectivity index (χ2v) is 3.95. The monoisotopic (exact) mass is 240 g/mol. The number of nitrogens with zero attached hydrogens (tertiary/aromatic N) is 6. The first kappa shape index (κ1) is 10.6. The molecule has 3 aromatic rings. The van der Waals surface area contributed by atoms with E-state index >= 15 is 0 Å². The Bertz CT molecular complexity index is 544. The summed E-state index contributed by atoms with van der Waals surface area (Å²) < 4.78 is 3.61. The molecule has 6 nitrogen and oxygen atoms in total. The third-order valence-electron chi connectivity index (χ3n) is 2.72. The molecule has 0 aliphatic carbocycles. The zero-order valence-electron chi connectivity index (χ0n) is 9.72. The molecule has 0 spiro atoms. The molecule has 0 bridgehead atoms. The highest BCUT2D eigenvalue weighted by Crippen LogP contribution is 2.11. The zero-order valence-corrected chi connectivity index (χ0v) is 9.72. The summed E-state index contributed by atoms with van der Waals surface area (Å²) in [7, 11) is 0. The molecule has 0 N–H and O–H groups in total. The normalized spacial score (nSPS) is 10.7. The summed E-state index contributed by atoms with van der Waals surface area (Å²) in [6.07, 6.45) is 6.51. The Balaban J connectivity index is 1.85. The number of hydrogen-bond donors (Lipinski definition) is 0. The van der Waals surface area contributed by atoms with E-state index in [9.17, 15) is 0 Å². The smallest absolute Gasteiger partial charge is 0.137 e. The minimum atomic E-state index is 0.713. The summed E-state index contributed by atoms with van der Waals surface area (Å²) in [6.45, 7) is 1.43. The Morgan fingerprint density at radius 1 is 0.778 bits per heavy atom. The molecule has 0 aliphatic heterocycles. The summed E-state index contributed by atoms with van der Waals surface area (Å²) in [6, 6.07) is 8.23. The Hall–Kier alpha value is -2.50. The first-order chi connectivity index (χ1) is 8.92. The van der Waals surface area contributed by atoms with Gasteiger partial charge in [0.1, 0.15) is 25.3 Å². The molecule has 0 amide bonds. The van der Waals surface area contributed by atoms with E-state index in [2.05, 4.69) is 32.3 Å². The second-order valence-electron chi connectivity index (χ2n) is 3.95. The van der Waals surface area contributed by atoms with Crippen LogP contribution in [0, 0.1) is 0 Å². The molecule has 2 heterocycles. The molecular weight excluding hydrogens is 228 g/mol. The predicted molar refractivity (Wildman–Crippen MR) is 64.7 cm³/mol. The lowest BCUT2D eigenvalue weighted by molar-refractivity contribution is 0.650. The zero-order chi connectivity index (χ0) is 12.2. The molecule has 6 heteroatoms. The predicted octanol–water partition coefficient (Wildman–Crippen LogP) is 0.966. The fraction of sp³-hybridized carbons (Fsp3) is 0.167. The maximum absolute atomic E-state index is 4.12. The van der Waals surface area contributed by atoms with E-state index in [1.807, 2.05) is 12.1 Å². The molecule has 0 radical (unpaired) electrons. The molecule has 0 atom stereocenters. The first-order valence-electron chi connectivity index (χ1n) is 5.63. The highest BCUT2D eigenvalue weighted by molar-refractivity contribution is 5.27. The van der Waals surface area contributed by atoms with Gasteiger partial charge in [0.15, 0.2) is 0 Å². The lowest BCUT2D eigenvalue weighted by Crippen LogP contribution is -2.07. The summed E-state index contributed by atoms with van der Waals surface area (Å²) in [5, 5.41) is 8.24. The van der Waals surface area contributed by atoms with E-state index < -0.39 is 0 Å². The Morgan fingerprint density at radius 2 is 1.28 bits per heavy atom. The maximum atomic E-state index is 4.12. The first-order valence-corrected chi connectivity index (χ1v) is 5.63. The minimum Gasteiger partial charge on any atom is -0.249 e. The number of hydrogen-bond acceptors (Lipinski definition) is 4. The lowest BCUT2D eigenvalue weighted by atomic mass is 10.1. The van der Waals surface area contributed by atoms with Crippen LogP contribution in [0.1, 0.15) is 11.1 Å². The van der Waals surface area contributed by atoms with Crippen LogP contribution < -0.4 is 0 Å². The lowest BCUT2D eigenvalue weighted by Gasteiger charge is -2.09. The van der Waals surface area contributed by atoms with Gasteiger partial charge in [0.2, 0.25) is 0 Å². The Kier molecular flexibility index (Phi) is 2.83. The van der Waals surface area contributed by atoms with Crippen molar-refractivity contribution in [3.05, 3.63) is 60.7 Å². The molecule has 90 valence electrons. The van der Waals surface area contributed by atoms with Gasteiger partial charge < -0.3 is 0 Å². The largest absolute Gasteiger partial charge is 0.249 e. The molecule has 18 heavy (non-hydrogen) atoms. The molecule has 3 rings (SSSR count). The van der Waals surface area contributed by atoms with Gasteiger partial charge in [-0.3, -0.25) is 0 Å². The van der Waals surface area contributed by atoms with Crippen molar-refractivity contribution in [2.24, 2.45) is 0 Å². The second kappa shape index (κ2) is 4.79. The van der Waals surface area contributed by atoms with Gasteiger partial charge in [0.25, 0.3) is 0 Å². The van der Waals surface area contributed by atoms with Crippen molar-refractivity contribution in [3.63, 3.8) is 0 Å². The van der Waals surface area contributed by atoms with E-state index in [0.717, 1.165) is 0 Å². The van der Waals surface area contributed by atoms with Gasteiger partial charge in [-0.1, -0.05) is 24.3 Å². The van der Waals surface area contributed by atoms with Crippen molar-refractivity contribution in [1.82, 2.24) is 29.5 Å². The van der Waals surface area contributed by atoms with E-state index in [-0.39, 0.29) is 0 Å². The molecule has 0 aliphatic rings. The standard InChI is InChI=1S/C12H12N6/c1-2-4-12(6-18-10-14-8-16-18)11(3-1)5-17-9-13-7-15-17/h1-4,7-10H,5-6H2. The van der Waals surface area contributed by atoms with Gasteiger partial charge in [-0.05, 0) is 11.1 Å². The fourth-order valence-corrected chi connectivity index (χ4v) is 1.84. The highest BCUT2D eigenvalue weighted by atomic mass is 15.3. The van der Waals surface area contributed by atoms with Crippen molar-refractivity contribution in [3.8, 4) is 0 Å². The van der Waals surface area contributed by atoms with Crippen molar-refractivity contribution in [2.75, 3.05) is 0 Å². The number of benzene rings is 1. The van der Waals surface area contributed by atoms with E-state index in [1.54, 1.807) is 34.7 Å². The summed E-state index contributed by atoms with van der Waals surface area (Å²) >= 11 is 0. The third kappa shape index (κ3) is 2.27. The third-order valence-corrected chi connectivity index (χ3v) is 2.72. The molecule has 2 aromatic heterocycles. The van der Waals surface area contributed by atoms with Crippen molar-refractivity contribution in [1.29, 1.82) is 0 Å². The Labute approximate surface area is 104 Å². The summed E-state index contributed by atoms with van der Waals surface area (Å²) in [5.74, 6) is 0. The van der Waals surface area contributed by atoms with E-state index in [1.165, 1.54) is 11.1 Å². The van der Waals surface area contributed by atoms with Gasteiger partial charge in [0, 0.05) is 0 Å². The van der Waals surface area contributed by atoms with Gasteiger partial charge >= 0.3 is 0 Å². The minimum absolute atomic E-state index is 0.713. The molecule has 0 fully saturated rings. The average Bonchev–Trinajstić information content (AvgIpc) is 3.05. The van der Waals surface area contributed by atoms with Crippen LogP contribution in [0.2, 0.25) is 0 Å². The highest BCUT2D eigenvalue weighted by Gasteiger charge is 2.04. The van der Waals surface area contributed by atoms with Crippen LogP contribution in [0.4, 0.5) is 0 Å². The molecule has 1 aromatic carbocycles. The molecular formula is C12H12N6. The summed E-state index contributed by atoms with van der Waals surface area (Å²) in [4.78, 5) is 7.90. The quantitative estimate of drug-likeness (QED) is 0.681. The topological polar surface area (TPSA) is 61.4 Å². The van der Waals surface area contributed by atoms with Gasteiger partial charge in [-0.15, -0.1) is 0 Å². The Morgan fingerprint density at radius 3 is 1.67 bits per heavy atom. The van der Waals surface area contributed by atoms with Gasteiger partial charge in [0.05, 0.1) is 13.1 Å². The van der Waals surface area contributed by atoms with E-state index in [4.69, 9.17) is 0 Å². The van der Waals surface area contributed by atoms with Crippen LogP contribution in [0.5, 0.6) is 0 Å². The van der Waals surface area contributed by atoms with Gasteiger partial charge in [-0.2, -0.15) is 10.2 Å². The van der Waals surface area contributed by atoms with Crippen molar-refractivity contribution in [2.45, 2.75) is 13.1 Å². The fourth-order valence-electron chi connectivity index (χ4n) is 1.84. The van der Waals surface area contributed by atoms with Crippen LogP contribution in [-0.4, -0.2) is 29.5 Å². The van der Waals surface area contributed by atoms with Crippen LogP contribution in [0.3, 0.4) is 0 Å². The number of rotatable bonds is 4. The van der Waals surface area contributed by atoms with Crippen molar-refractivity contribution < 1.29 is 0 Å². The van der Waals surface area contributed by atoms with Crippen molar-refractivity contribution >= 4 is 0 Å². The van der Waals surface area contributed by atoms with Crippen LogP contribution in [0.25, 0.3) is 0 Å². The van der Waals surface area contributed by atoms with Crippen LogP contribution >= 0.6 is 0 Å². The average molecular weight is 240 g/mol. The van der Waals surface area contributed by atoms with Crippen LogP contribution in [0.15, 0.2) is 49.6 Å². The summed E-state index contributed by atoms with van der Waals surface area (Å²) in [5.41, 5.74) is 2.41. The molecule has 0 saturated heterocycles. The van der Waals surface area contributed by atoms with Crippen LogP contribution in [-0.2, 0) is 13.1 Å². The van der Waals surface area contributed by atoms with Gasteiger partial charge in [-0.25, -0.2) is 19.3 Å².